The molecule has 0 saturated heterocycles. The molecule has 0 aliphatic carbocycles. The van der Waals surface area contributed by atoms with Gasteiger partial charge in [-0.05, 0) is 12.1 Å². The fourth-order valence-corrected chi connectivity index (χ4v) is 2.63. The summed E-state index contributed by atoms with van der Waals surface area (Å²) in [6, 6.07) is 2.97. The number of fused-ring (bicyclic) bond motifs is 1. The van der Waals surface area contributed by atoms with Crippen LogP contribution in [0, 0.1) is 11.6 Å². The number of amides is 1. The fraction of sp³-hybridized carbons (Fsp3) is 0.375. The second kappa shape index (κ2) is 7.06. The Hall–Kier alpha value is -2.32. The van der Waals surface area contributed by atoms with E-state index in [-0.39, 0.29) is 18.0 Å². The van der Waals surface area contributed by atoms with Crippen LogP contribution < -0.4 is 5.32 Å². The van der Waals surface area contributed by atoms with Gasteiger partial charge in [-0.15, -0.1) is 0 Å². The quantitative estimate of drug-likeness (QED) is 0.908. The van der Waals surface area contributed by atoms with E-state index in [0.29, 0.717) is 37.8 Å². The molecule has 1 aromatic heterocycles. The number of halogens is 2. The summed E-state index contributed by atoms with van der Waals surface area (Å²) in [5.74, 6) is -2.11. The number of nitrogens with zero attached hydrogens (tertiary/aromatic N) is 2. The van der Waals surface area contributed by atoms with Crippen molar-refractivity contribution in [1.82, 2.24) is 9.78 Å². The molecule has 0 saturated carbocycles. The molecule has 128 valence electrons. The lowest BCUT2D eigenvalue weighted by molar-refractivity contribution is 0.0983. The number of hydrogen-bond donors (Lipinski definition) is 1. The number of benzene rings is 1. The third-order valence-corrected chi connectivity index (χ3v) is 3.80. The topological polar surface area (TPSA) is 65.4 Å². The normalized spacial score (nSPS) is 13.6. The summed E-state index contributed by atoms with van der Waals surface area (Å²) in [6.45, 7) is 1.80. The maximum Gasteiger partial charge on any atom is 0.276 e. The molecule has 0 bridgehead atoms. The molecule has 6 nitrogen and oxygen atoms in total. The van der Waals surface area contributed by atoms with Gasteiger partial charge in [-0.25, -0.2) is 8.78 Å². The molecule has 8 heteroatoms. The zero-order valence-corrected chi connectivity index (χ0v) is 13.1. The van der Waals surface area contributed by atoms with Crippen molar-refractivity contribution >= 4 is 11.6 Å². The average molecular weight is 337 g/mol. The molecule has 1 aromatic carbocycles. The molecular weight excluding hydrogens is 320 g/mol. The van der Waals surface area contributed by atoms with E-state index in [0.717, 1.165) is 11.8 Å². The van der Waals surface area contributed by atoms with Gasteiger partial charge in [0, 0.05) is 30.9 Å². The SMILES string of the molecule is COCCn1nc(C(=O)Nc2ccc(F)cc2F)c2c1CCOC2. The molecule has 1 N–H and O–H groups in total. The van der Waals surface area contributed by atoms with Crippen LogP contribution in [-0.4, -0.2) is 36.0 Å². The first-order valence-electron chi connectivity index (χ1n) is 7.51. The van der Waals surface area contributed by atoms with Crippen LogP contribution in [0.3, 0.4) is 0 Å². The largest absolute Gasteiger partial charge is 0.383 e. The summed E-state index contributed by atoms with van der Waals surface area (Å²) in [4.78, 5) is 12.5. The van der Waals surface area contributed by atoms with E-state index in [2.05, 4.69) is 10.4 Å². The van der Waals surface area contributed by atoms with Crippen LogP contribution in [0.2, 0.25) is 0 Å². The van der Waals surface area contributed by atoms with Crippen molar-refractivity contribution in [2.75, 3.05) is 25.6 Å². The third-order valence-electron chi connectivity index (χ3n) is 3.80. The van der Waals surface area contributed by atoms with E-state index < -0.39 is 17.5 Å². The highest BCUT2D eigenvalue weighted by atomic mass is 19.1. The summed E-state index contributed by atoms with van der Waals surface area (Å²) in [7, 11) is 1.59. The van der Waals surface area contributed by atoms with Crippen LogP contribution in [0.15, 0.2) is 18.2 Å². The average Bonchev–Trinajstić information content (AvgIpc) is 2.94. The highest BCUT2D eigenvalue weighted by Gasteiger charge is 2.25. The molecule has 0 atom stereocenters. The summed E-state index contributed by atoms with van der Waals surface area (Å²) in [5.41, 5.74) is 1.70. The Bertz CT molecular complexity index is 761. The number of carbonyl (C=O) groups excluding carboxylic acids is 1. The molecule has 2 heterocycles. The first-order valence-corrected chi connectivity index (χ1v) is 7.51. The van der Waals surface area contributed by atoms with Gasteiger partial charge in [0.05, 0.1) is 32.1 Å². The van der Waals surface area contributed by atoms with Crippen LogP contribution in [0.5, 0.6) is 0 Å². The minimum absolute atomic E-state index is 0.0988. The van der Waals surface area contributed by atoms with Crippen LogP contribution in [-0.2, 0) is 29.0 Å². The Kier molecular flexibility index (Phi) is 4.86. The first-order chi connectivity index (χ1) is 11.6. The Morgan fingerprint density at radius 1 is 1.46 bits per heavy atom. The standard InChI is InChI=1S/C16H17F2N3O3/c1-23-7-5-21-14-4-6-24-9-11(14)15(20-21)16(22)19-13-3-2-10(17)8-12(13)18/h2-3,8H,4-7,9H2,1H3,(H,19,22). The van der Waals surface area contributed by atoms with Gasteiger partial charge in [0.1, 0.15) is 11.6 Å². The van der Waals surface area contributed by atoms with E-state index in [4.69, 9.17) is 9.47 Å². The maximum absolute atomic E-state index is 13.7. The number of hydrogen-bond acceptors (Lipinski definition) is 4. The third kappa shape index (κ3) is 3.29. The van der Waals surface area contributed by atoms with Gasteiger partial charge in [-0.3, -0.25) is 9.48 Å². The van der Waals surface area contributed by atoms with Gasteiger partial charge in [0.15, 0.2) is 5.69 Å². The first kappa shape index (κ1) is 16.5. The van der Waals surface area contributed by atoms with Crippen LogP contribution in [0.1, 0.15) is 21.7 Å². The lowest BCUT2D eigenvalue weighted by Gasteiger charge is -2.15. The van der Waals surface area contributed by atoms with Crippen molar-refractivity contribution in [1.29, 1.82) is 0 Å². The molecular formula is C16H17F2N3O3. The molecule has 3 rings (SSSR count). The van der Waals surface area contributed by atoms with Gasteiger partial charge in [0.2, 0.25) is 0 Å². The zero-order valence-electron chi connectivity index (χ0n) is 13.1. The Morgan fingerprint density at radius 3 is 3.04 bits per heavy atom. The van der Waals surface area contributed by atoms with E-state index in [1.165, 1.54) is 6.07 Å². The summed E-state index contributed by atoms with van der Waals surface area (Å²) in [5, 5.41) is 6.75. The molecule has 24 heavy (non-hydrogen) atoms. The van der Waals surface area contributed by atoms with Crippen molar-refractivity contribution < 1.29 is 23.0 Å². The van der Waals surface area contributed by atoms with Crippen LogP contribution in [0.4, 0.5) is 14.5 Å². The van der Waals surface area contributed by atoms with E-state index in [1.807, 2.05) is 0 Å². The van der Waals surface area contributed by atoms with Gasteiger partial charge in [0.25, 0.3) is 5.91 Å². The molecule has 1 aliphatic rings. The maximum atomic E-state index is 13.7. The molecule has 0 radical (unpaired) electrons. The zero-order chi connectivity index (χ0) is 17.1. The smallest absolute Gasteiger partial charge is 0.276 e. The molecule has 1 aliphatic heterocycles. The minimum Gasteiger partial charge on any atom is -0.383 e. The second-order valence-corrected chi connectivity index (χ2v) is 5.37. The number of anilines is 1. The van der Waals surface area contributed by atoms with Crippen molar-refractivity contribution in [3.63, 3.8) is 0 Å². The van der Waals surface area contributed by atoms with Gasteiger partial charge in [-0.1, -0.05) is 0 Å². The lowest BCUT2D eigenvalue weighted by atomic mass is 10.1. The van der Waals surface area contributed by atoms with Crippen LogP contribution >= 0.6 is 0 Å². The molecule has 2 aromatic rings. The van der Waals surface area contributed by atoms with E-state index in [1.54, 1.807) is 11.8 Å². The predicted molar refractivity (Wildman–Crippen MR) is 81.8 cm³/mol. The van der Waals surface area contributed by atoms with Crippen molar-refractivity contribution in [2.45, 2.75) is 19.6 Å². The minimum atomic E-state index is -0.840. The van der Waals surface area contributed by atoms with Gasteiger partial charge >= 0.3 is 0 Å². The summed E-state index contributed by atoms with van der Waals surface area (Å²) < 4.78 is 38.9. The Morgan fingerprint density at radius 2 is 2.29 bits per heavy atom. The van der Waals surface area contributed by atoms with E-state index >= 15 is 0 Å². The molecule has 0 unspecified atom stereocenters. The molecule has 0 spiro atoms. The molecule has 0 fully saturated rings. The second-order valence-electron chi connectivity index (χ2n) is 5.37. The van der Waals surface area contributed by atoms with Gasteiger partial charge < -0.3 is 14.8 Å². The van der Waals surface area contributed by atoms with Crippen LogP contribution in [0.25, 0.3) is 0 Å². The number of nitrogens with one attached hydrogen (secondary N) is 1. The summed E-state index contributed by atoms with van der Waals surface area (Å²) >= 11 is 0. The number of aromatic nitrogens is 2. The Balaban J connectivity index is 1.87. The lowest BCUT2D eigenvalue weighted by Crippen LogP contribution is -2.18. The van der Waals surface area contributed by atoms with Gasteiger partial charge in [-0.2, -0.15) is 5.10 Å². The highest BCUT2D eigenvalue weighted by molar-refractivity contribution is 6.04. The number of carbonyl (C=O) groups is 1. The summed E-state index contributed by atoms with van der Waals surface area (Å²) in [6.07, 6.45) is 0.643. The monoisotopic (exact) mass is 337 g/mol. The highest BCUT2D eigenvalue weighted by Crippen LogP contribution is 2.23. The number of methoxy groups -OCH3 is 1. The van der Waals surface area contributed by atoms with Crippen molar-refractivity contribution in [2.24, 2.45) is 0 Å². The number of rotatable bonds is 5. The molecule has 1 amide bonds. The Labute approximate surface area is 137 Å². The number of ether oxygens (including phenoxy) is 2. The van der Waals surface area contributed by atoms with E-state index in [9.17, 15) is 13.6 Å². The fourth-order valence-electron chi connectivity index (χ4n) is 2.63. The predicted octanol–water partition coefficient (Wildman–Crippen LogP) is 2.13. The van der Waals surface area contributed by atoms with Crippen molar-refractivity contribution in [3.05, 3.63) is 46.8 Å². The van der Waals surface area contributed by atoms with Crippen molar-refractivity contribution in [3.8, 4) is 0 Å².